The summed E-state index contributed by atoms with van der Waals surface area (Å²) in [5.74, 6) is -2.39. The number of rotatable bonds is 14. The first-order valence-electron chi connectivity index (χ1n) is 15.3. The average molecular weight is 636 g/mol. The molecule has 4 atom stereocenters. The molecule has 0 spiro atoms. The molecule has 1 fully saturated rings. The van der Waals surface area contributed by atoms with Gasteiger partial charge in [-0.05, 0) is 48.8 Å². The van der Waals surface area contributed by atoms with Crippen LogP contribution in [0.15, 0.2) is 54.6 Å². The molecule has 2 aromatic carbocycles. The number of carbonyl (C=O) groups excluding carboxylic acids is 5. The minimum Gasteiger partial charge on any atom is -0.445 e. The third kappa shape index (κ3) is 9.34. The molecule has 11 nitrogen and oxygen atoms in total. The second kappa shape index (κ2) is 15.6. The lowest BCUT2D eigenvalue weighted by Gasteiger charge is -2.27. The molecule has 1 saturated heterocycles. The Morgan fingerprint density at radius 1 is 0.933 bits per heavy atom. The van der Waals surface area contributed by atoms with Crippen molar-refractivity contribution >= 4 is 51.2 Å². The molecule has 240 valence electrons. The van der Waals surface area contributed by atoms with Crippen LogP contribution < -0.4 is 21.3 Å². The maximum Gasteiger partial charge on any atom is 0.408 e. The van der Waals surface area contributed by atoms with Crippen LogP contribution in [0.1, 0.15) is 62.3 Å². The van der Waals surface area contributed by atoms with E-state index in [-0.39, 0.29) is 48.0 Å². The van der Waals surface area contributed by atoms with Crippen molar-refractivity contribution in [1.82, 2.24) is 26.3 Å². The molecule has 1 aliphatic heterocycles. The number of fused-ring (bicyclic) bond motifs is 1. The highest BCUT2D eigenvalue weighted by molar-refractivity contribution is 7.20. The molecule has 4 rings (SSSR count). The monoisotopic (exact) mass is 635 g/mol. The summed E-state index contributed by atoms with van der Waals surface area (Å²) < 4.78 is 6.14. The van der Waals surface area contributed by atoms with Gasteiger partial charge in [-0.15, -0.1) is 11.3 Å². The molecule has 4 N–H and O–H groups in total. The summed E-state index contributed by atoms with van der Waals surface area (Å²) in [6.45, 7) is 7.93. The van der Waals surface area contributed by atoms with E-state index in [1.54, 1.807) is 13.8 Å². The third-order valence-corrected chi connectivity index (χ3v) is 8.65. The number of amides is 4. The van der Waals surface area contributed by atoms with Crippen LogP contribution in [0, 0.1) is 17.8 Å². The molecule has 0 saturated carbocycles. The van der Waals surface area contributed by atoms with Crippen LogP contribution in [0.2, 0.25) is 0 Å². The second-order valence-corrected chi connectivity index (χ2v) is 13.1. The van der Waals surface area contributed by atoms with Crippen LogP contribution in [0.4, 0.5) is 4.79 Å². The van der Waals surface area contributed by atoms with Crippen LogP contribution >= 0.6 is 11.3 Å². The topological polar surface area (TPSA) is 156 Å². The van der Waals surface area contributed by atoms with E-state index in [1.165, 1.54) is 11.3 Å². The van der Waals surface area contributed by atoms with Gasteiger partial charge in [0, 0.05) is 12.5 Å². The number of para-hydroxylation sites is 1. The van der Waals surface area contributed by atoms with Gasteiger partial charge in [-0.25, -0.2) is 9.78 Å². The first kappa shape index (κ1) is 33.6. The number of benzene rings is 2. The summed E-state index contributed by atoms with van der Waals surface area (Å²) in [5.41, 5.74) is 1.48. The van der Waals surface area contributed by atoms with Crippen molar-refractivity contribution in [2.45, 2.75) is 71.7 Å². The van der Waals surface area contributed by atoms with Gasteiger partial charge in [0.2, 0.25) is 23.5 Å². The summed E-state index contributed by atoms with van der Waals surface area (Å²) in [7, 11) is 0. The fraction of sp³-hybridized carbons (Fsp3) is 0.455. The fourth-order valence-electron chi connectivity index (χ4n) is 5.18. The number of carbonyl (C=O) groups is 5. The van der Waals surface area contributed by atoms with E-state index in [0.29, 0.717) is 18.5 Å². The van der Waals surface area contributed by atoms with Gasteiger partial charge < -0.3 is 26.0 Å². The van der Waals surface area contributed by atoms with Crippen LogP contribution in [0.25, 0.3) is 10.2 Å². The molecule has 45 heavy (non-hydrogen) atoms. The first-order valence-corrected chi connectivity index (χ1v) is 16.1. The minimum atomic E-state index is -1.02. The van der Waals surface area contributed by atoms with E-state index >= 15 is 0 Å². The zero-order valence-corrected chi connectivity index (χ0v) is 26.8. The van der Waals surface area contributed by atoms with E-state index in [0.717, 1.165) is 10.3 Å². The number of ether oxygens (including phenoxy) is 1. The number of alkyl carbamates (subject to hydrolysis) is 1. The molecule has 3 aromatic rings. The molecule has 0 bridgehead atoms. The predicted molar refractivity (Wildman–Crippen MR) is 171 cm³/mol. The van der Waals surface area contributed by atoms with E-state index in [9.17, 15) is 24.0 Å². The van der Waals surface area contributed by atoms with E-state index in [4.69, 9.17) is 4.74 Å². The molecule has 12 heteroatoms. The zero-order chi connectivity index (χ0) is 32.5. The number of nitrogens with zero attached hydrogens (tertiary/aromatic N) is 1. The molecular weight excluding hydrogens is 594 g/mol. The maximum atomic E-state index is 13.8. The summed E-state index contributed by atoms with van der Waals surface area (Å²) in [5, 5.41) is 11.3. The van der Waals surface area contributed by atoms with Crippen molar-refractivity contribution < 1.29 is 28.7 Å². The fourth-order valence-corrected chi connectivity index (χ4v) is 6.14. The van der Waals surface area contributed by atoms with Gasteiger partial charge in [-0.3, -0.25) is 19.2 Å². The van der Waals surface area contributed by atoms with Crippen molar-refractivity contribution in [1.29, 1.82) is 0 Å². The average Bonchev–Trinajstić information content (AvgIpc) is 3.63. The Hall–Kier alpha value is -4.32. The van der Waals surface area contributed by atoms with Crippen LogP contribution in [-0.2, 0) is 25.7 Å². The Balaban J connectivity index is 1.48. The maximum absolute atomic E-state index is 13.8. The first-order chi connectivity index (χ1) is 21.5. The quantitative estimate of drug-likeness (QED) is 0.195. The highest BCUT2D eigenvalue weighted by atomic mass is 32.1. The molecule has 0 aliphatic carbocycles. The highest BCUT2D eigenvalue weighted by Crippen LogP contribution is 2.25. The Labute approximate surface area is 266 Å². The van der Waals surface area contributed by atoms with Gasteiger partial charge in [0.05, 0.1) is 16.3 Å². The lowest BCUT2D eigenvalue weighted by molar-refractivity contribution is -0.131. The van der Waals surface area contributed by atoms with E-state index in [1.807, 2.05) is 68.4 Å². The lowest BCUT2D eigenvalue weighted by Crippen LogP contribution is -2.57. The van der Waals surface area contributed by atoms with Crippen molar-refractivity contribution in [2.75, 3.05) is 6.54 Å². The van der Waals surface area contributed by atoms with Gasteiger partial charge in [-0.2, -0.15) is 0 Å². The standard InChI is InChI=1S/C33H41N5O6S/c1-19(2)16-25(36-31(42)27(20(3)4)38-33(43)44-18-21-10-6-5-7-11-21)30(41)35-24(17-22-14-15-34-29(22)40)28(39)32-37-23-12-8-9-13-26(23)45-32/h5-13,19-20,22,24-25,27H,14-18H2,1-4H3,(H,34,40)(H,35,41)(H,36,42)(H,38,43)/t22-,24-,25-,27-/m0/s1. The third-order valence-electron chi connectivity index (χ3n) is 7.60. The summed E-state index contributed by atoms with van der Waals surface area (Å²) in [6, 6.07) is 13.5. The van der Waals surface area contributed by atoms with Crippen molar-refractivity contribution in [3.8, 4) is 0 Å². The predicted octanol–water partition coefficient (Wildman–Crippen LogP) is 3.97. The van der Waals surface area contributed by atoms with E-state index < -0.39 is 42.0 Å². The van der Waals surface area contributed by atoms with Gasteiger partial charge in [0.1, 0.15) is 18.7 Å². The number of ketones is 1. The van der Waals surface area contributed by atoms with Crippen LogP contribution in [0.5, 0.6) is 0 Å². The molecule has 1 aromatic heterocycles. The number of nitrogens with one attached hydrogen (secondary N) is 4. The Kier molecular flexibility index (Phi) is 11.6. The Morgan fingerprint density at radius 3 is 2.27 bits per heavy atom. The number of aromatic nitrogens is 1. The van der Waals surface area contributed by atoms with Gasteiger partial charge in [-0.1, -0.05) is 70.2 Å². The van der Waals surface area contributed by atoms with Gasteiger partial charge in [0.25, 0.3) is 0 Å². The number of hydrogen-bond donors (Lipinski definition) is 4. The molecule has 1 aliphatic rings. The molecule has 2 heterocycles. The second-order valence-electron chi connectivity index (χ2n) is 12.0. The number of Topliss-reactive ketones (excluding diaryl/α,β-unsaturated/α-hetero) is 1. The van der Waals surface area contributed by atoms with Gasteiger partial charge in [0.15, 0.2) is 5.01 Å². The summed E-state index contributed by atoms with van der Waals surface area (Å²) in [6.07, 6.45) is 0.186. The highest BCUT2D eigenvalue weighted by Gasteiger charge is 2.36. The van der Waals surface area contributed by atoms with Gasteiger partial charge >= 0.3 is 6.09 Å². The molecular formula is C33H41N5O6S. The van der Waals surface area contributed by atoms with Crippen molar-refractivity contribution in [3.63, 3.8) is 0 Å². The lowest BCUT2D eigenvalue weighted by atomic mass is 9.94. The Bertz CT molecular complexity index is 1470. The SMILES string of the molecule is CC(C)C[C@H](NC(=O)[C@@H](NC(=O)OCc1ccccc1)C(C)C)C(=O)N[C@@H](C[C@@H]1CCNC1=O)C(=O)c1nc2ccccc2s1. The molecule has 0 radical (unpaired) electrons. The summed E-state index contributed by atoms with van der Waals surface area (Å²) >= 11 is 1.23. The number of hydrogen-bond acceptors (Lipinski definition) is 8. The summed E-state index contributed by atoms with van der Waals surface area (Å²) in [4.78, 5) is 70.4. The van der Waals surface area contributed by atoms with Crippen molar-refractivity contribution in [3.05, 3.63) is 65.2 Å². The molecule has 0 unspecified atom stereocenters. The van der Waals surface area contributed by atoms with Crippen LogP contribution in [0.3, 0.4) is 0 Å². The largest absolute Gasteiger partial charge is 0.445 e. The smallest absolute Gasteiger partial charge is 0.408 e. The van der Waals surface area contributed by atoms with E-state index in [2.05, 4.69) is 26.3 Å². The normalized spacial score (nSPS) is 16.6. The van der Waals surface area contributed by atoms with Crippen molar-refractivity contribution in [2.24, 2.45) is 17.8 Å². The Morgan fingerprint density at radius 2 is 1.62 bits per heavy atom. The number of thiazole rings is 1. The zero-order valence-electron chi connectivity index (χ0n) is 26.0. The minimum absolute atomic E-state index is 0.0152. The molecule has 4 amide bonds. The van der Waals surface area contributed by atoms with Crippen LogP contribution in [-0.4, -0.2) is 59.3 Å².